The molecule has 0 aliphatic heterocycles. The molecule has 0 bridgehead atoms. The Kier molecular flexibility index (Phi) is 5.47. The van der Waals surface area contributed by atoms with Crippen LogP contribution in [0.3, 0.4) is 0 Å². The zero-order valence-electron chi connectivity index (χ0n) is 11.8. The van der Waals surface area contributed by atoms with Gasteiger partial charge in [-0.25, -0.2) is 0 Å². The fourth-order valence-electron chi connectivity index (χ4n) is 2.33. The van der Waals surface area contributed by atoms with E-state index in [0.29, 0.717) is 0 Å². The fraction of sp³-hybridized carbons (Fsp3) is 0.294. The van der Waals surface area contributed by atoms with E-state index in [1.165, 1.54) is 5.56 Å². The van der Waals surface area contributed by atoms with Crippen molar-refractivity contribution in [2.75, 3.05) is 6.54 Å². The number of rotatable bonds is 5. The van der Waals surface area contributed by atoms with Gasteiger partial charge in [-0.05, 0) is 48.7 Å². The summed E-state index contributed by atoms with van der Waals surface area (Å²) in [5.74, 6) is 0. The molecule has 0 radical (unpaired) electrons. The number of hydrogen-bond donors (Lipinski definition) is 1. The van der Waals surface area contributed by atoms with E-state index >= 15 is 0 Å². The molecule has 0 saturated carbocycles. The average molecular weight is 308 g/mol. The van der Waals surface area contributed by atoms with Crippen LogP contribution in [0.25, 0.3) is 0 Å². The quantitative estimate of drug-likeness (QED) is 0.801. The van der Waals surface area contributed by atoms with Gasteiger partial charge in [0.05, 0.1) is 0 Å². The van der Waals surface area contributed by atoms with E-state index in [1.54, 1.807) is 0 Å². The molecule has 0 fully saturated rings. The molecular formula is C17H19Cl2N. The third-order valence-electron chi connectivity index (χ3n) is 3.40. The molecular weight excluding hydrogens is 289 g/mol. The van der Waals surface area contributed by atoms with Gasteiger partial charge in [0.25, 0.3) is 0 Å². The first-order valence-corrected chi connectivity index (χ1v) is 7.60. The molecule has 106 valence electrons. The molecule has 3 heteroatoms. The molecule has 0 aliphatic carbocycles. The van der Waals surface area contributed by atoms with Crippen molar-refractivity contribution in [3.8, 4) is 0 Å². The third-order valence-corrected chi connectivity index (χ3v) is 4.17. The van der Waals surface area contributed by atoms with Crippen molar-refractivity contribution in [1.82, 2.24) is 5.32 Å². The maximum Gasteiger partial charge on any atom is 0.0483 e. The van der Waals surface area contributed by atoms with Crippen molar-refractivity contribution in [3.05, 3.63) is 69.2 Å². The lowest BCUT2D eigenvalue weighted by atomic mass is 9.97. The number of benzene rings is 2. The highest BCUT2D eigenvalue weighted by atomic mass is 35.5. The van der Waals surface area contributed by atoms with Crippen LogP contribution in [0.4, 0.5) is 0 Å². The molecule has 1 N–H and O–H groups in total. The molecule has 1 unspecified atom stereocenters. The van der Waals surface area contributed by atoms with Gasteiger partial charge in [0, 0.05) is 16.1 Å². The minimum absolute atomic E-state index is 0.216. The van der Waals surface area contributed by atoms with E-state index in [4.69, 9.17) is 23.2 Å². The Hall–Kier alpha value is -1.02. The fourth-order valence-corrected chi connectivity index (χ4v) is 2.72. The summed E-state index contributed by atoms with van der Waals surface area (Å²) in [7, 11) is 0. The van der Waals surface area contributed by atoms with Gasteiger partial charge in [-0.1, -0.05) is 60.5 Å². The summed E-state index contributed by atoms with van der Waals surface area (Å²) >= 11 is 12.4. The highest BCUT2D eigenvalue weighted by Gasteiger charge is 2.15. The lowest BCUT2D eigenvalue weighted by molar-refractivity contribution is 0.550. The van der Waals surface area contributed by atoms with Crippen molar-refractivity contribution in [2.45, 2.75) is 26.3 Å². The number of hydrogen-bond acceptors (Lipinski definition) is 1. The van der Waals surface area contributed by atoms with Crippen LogP contribution in [-0.4, -0.2) is 6.54 Å². The van der Waals surface area contributed by atoms with Crippen LogP contribution < -0.4 is 5.32 Å². The summed E-state index contributed by atoms with van der Waals surface area (Å²) in [6.07, 6.45) is 0.897. The predicted molar refractivity (Wildman–Crippen MR) is 87.8 cm³/mol. The van der Waals surface area contributed by atoms with Gasteiger partial charge in [0.2, 0.25) is 0 Å². The largest absolute Gasteiger partial charge is 0.310 e. The molecule has 2 aromatic carbocycles. The van der Waals surface area contributed by atoms with E-state index in [1.807, 2.05) is 25.1 Å². The average Bonchev–Trinajstić information content (AvgIpc) is 2.44. The Labute approximate surface area is 130 Å². The zero-order valence-corrected chi connectivity index (χ0v) is 13.3. The smallest absolute Gasteiger partial charge is 0.0483 e. The molecule has 1 atom stereocenters. The van der Waals surface area contributed by atoms with Crippen LogP contribution in [-0.2, 0) is 6.42 Å². The third kappa shape index (κ3) is 3.76. The van der Waals surface area contributed by atoms with Gasteiger partial charge in [0.1, 0.15) is 0 Å². The van der Waals surface area contributed by atoms with Crippen molar-refractivity contribution in [3.63, 3.8) is 0 Å². The number of nitrogens with one attached hydrogen (secondary N) is 1. The minimum atomic E-state index is 0.216. The molecule has 2 aromatic rings. The van der Waals surface area contributed by atoms with Crippen molar-refractivity contribution >= 4 is 23.2 Å². The molecule has 2 rings (SSSR count). The topological polar surface area (TPSA) is 12.0 Å². The van der Waals surface area contributed by atoms with E-state index in [-0.39, 0.29) is 6.04 Å². The van der Waals surface area contributed by atoms with Gasteiger partial charge < -0.3 is 5.32 Å². The molecule has 0 aromatic heterocycles. The summed E-state index contributed by atoms with van der Waals surface area (Å²) in [5.41, 5.74) is 3.52. The normalized spacial score (nSPS) is 12.4. The summed E-state index contributed by atoms with van der Waals surface area (Å²) in [6.45, 7) is 5.05. The van der Waals surface area contributed by atoms with Gasteiger partial charge in [-0.2, -0.15) is 0 Å². The first kappa shape index (κ1) is 15.4. The van der Waals surface area contributed by atoms with Crippen molar-refractivity contribution < 1.29 is 0 Å². The van der Waals surface area contributed by atoms with Crippen LogP contribution in [0, 0.1) is 6.92 Å². The van der Waals surface area contributed by atoms with Crippen LogP contribution >= 0.6 is 23.2 Å². The van der Waals surface area contributed by atoms with Crippen LogP contribution in [0.5, 0.6) is 0 Å². The maximum atomic E-state index is 6.45. The van der Waals surface area contributed by atoms with Crippen LogP contribution in [0.2, 0.25) is 10.0 Å². The van der Waals surface area contributed by atoms with Gasteiger partial charge >= 0.3 is 0 Å². The second-order valence-electron chi connectivity index (χ2n) is 4.92. The lowest BCUT2D eigenvalue weighted by Gasteiger charge is -2.20. The number of halogens is 2. The summed E-state index contributed by atoms with van der Waals surface area (Å²) < 4.78 is 0. The first-order valence-electron chi connectivity index (χ1n) is 6.84. The van der Waals surface area contributed by atoms with E-state index in [9.17, 15) is 0 Å². The number of likely N-dealkylation sites (N-methyl/N-ethyl adjacent to an activating group) is 1. The van der Waals surface area contributed by atoms with Crippen molar-refractivity contribution in [2.24, 2.45) is 0 Å². The number of aryl methyl sites for hydroxylation is 1. The Morgan fingerprint density at radius 2 is 1.75 bits per heavy atom. The molecule has 20 heavy (non-hydrogen) atoms. The van der Waals surface area contributed by atoms with Gasteiger partial charge in [-0.15, -0.1) is 0 Å². The van der Waals surface area contributed by atoms with Gasteiger partial charge in [0.15, 0.2) is 0 Å². The minimum Gasteiger partial charge on any atom is -0.310 e. The molecule has 0 saturated heterocycles. The summed E-state index contributed by atoms with van der Waals surface area (Å²) in [5, 5.41) is 5.13. The highest BCUT2D eigenvalue weighted by Crippen LogP contribution is 2.28. The van der Waals surface area contributed by atoms with Crippen LogP contribution in [0.1, 0.15) is 29.7 Å². The Bertz CT molecular complexity index is 564. The standard InChI is InChI=1S/C17H19Cl2N/c1-3-20-16(11-13-7-9-14(18)10-8-13)15-6-4-5-12(2)17(15)19/h4-10,16,20H,3,11H2,1-2H3. The van der Waals surface area contributed by atoms with E-state index < -0.39 is 0 Å². The molecule has 0 amide bonds. The predicted octanol–water partition coefficient (Wildman–Crippen LogP) is 5.20. The Balaban J connectivity index is 2.26. The monoisotopic (exact) mass is 307 g/mol. The zero-order chi connectivity index (χ0) is 14.5. The van der Waals surface area contributed by atoms with E-state index in [0.717, 1.165) is 34.1 Å². The lowest BCUT2D eigenvalue weighted by Crippen LogP contribution is -2.23. The SMILES string of the molecule is CCNC(Cc1ccc(Cl)cc1)c1cccc(C)c1Cl. The summed E-state index contributed by atoms with van der Waals surface area (Å²) in [4.78, 5) is 0. The first-order chi connectivity index (χ1) is 9.61. The summed E-state index contributed by atoms with van der Waals surface area (Å²) in [6, 6.07) is 14.4. The highest BCUT2D eigenvalue weighted by molar-refractivity contribution is 6.32. The van der Waals surface area contributed by atoms with E-state index in [2.05, 4.69) is 36.5 Å². The molecule has 0 aliphatic rings. The maximum absolute atomic E-state index is 6.45. The van der Waals surface area contributed by atoms with Crippen molar-refractivity contribution in [1.29, 1.82) is 0 Å². The second-order valence-corrected chi connectivity index (χ2v) is 5.73. The Morgan fingerprint density at radius 1 is 1.05 bits per heavy atom. The van der Waals surface area contributed by atoms with Gasteiger partial charge in [-0.3, -0.25) is 0 Å². The molecule has 1 nitrogen and oxygen atoms in total. The molecule has 0 heterocycles. The van der Waals surface area contributed by atoms with Crippen LogP contribution in [0.15, 0.2) is 42.5 Å². The second kappa shape index (κ2) is 7.12. The Morgan fingerprint density at radius 3 is 2.40 bits per heavy atom. The molecule has 0 spiro atoms.